The topological polar surface area (TPSA) is 49.3 Å². The van der Waals surface area contributed by atoms with E-state index < -0.39 is 0 Å². The molecule has 0 radical (unpaired) electrons. The Bertz CT molecular complexity index is 986. The van der Waals surface area contributed by atoms with Gasteiger partial charge in [0.2, 0.25) is 0 Å². The molecule has 0 unspecified atom stereocenters. The summed E-state index contributed by atoms with van der Waals surface area (Å²) in [5, 5.41) is 9.64. The molecule has 5 heteroatoms. The van der Waals surface area contributed by atoms with Gasteiger partial charge in [0.25, 0.3) is 0 Å². The van der Waals surface area contributed by atoms with Crippen molar-refractivity contribution in [1.29, 1.82) is 0 Å². The van der Waals surface area contributed by atoms with Crippen molar-refractivity contribution >= 4 is 0 Å². The standard InChI is InChI=1S/C23H24FN3O/c1-15(2)23-25-21-10-11-27(13-16-4-3-5-18(24)12-16)14-20(21)22(26-23)17-6-8-19(28)9-7-17/h3-9,12,15,28H,10-11,13-14H2,1-2H3. The van der Waals surface area contributed by atoms with Crippen LogP contribution in [-0.2, 0) is 19.5 Å². The van der Waals surface area contributed by atoms with Gasteiger partial charge in [0.05, 0.1) is 11.4 Å². The maximum Gasteiger partial charge on any atom is 0.131 e. The summed E-state index contributed by atoms with van der Waals surface area (Å²) in [6, 6.07) is 13.9. The zero-order chi connectivity index (χ0) is 19.7. The minimum absolute atomic E-state index is 0.204. The first-order valence-electron chi connectivity index (χ1n) is 9.65. The lowest BCUT2D eigenvalue weighted by molar-refractivity contribution is 0.242. The highest BCUT2D eigenvalue weighted by molar-refractivity contribution is 5.65. The van der Waals surface area contributed by atoms with E-state index in [2.05, 4.69) is 18.7 Å². The predicted octanol–water partition coefficient (Wildman–Crippen LogP) is 4.67. The summed E-state index contributed by atoms with van der Waals surface area (Å²) in [5.41, 5.74) is 5.09. The molecule has 2 aromatic carbocycles. The average Bonchev–Trinajstić information content (AvgIpc) is 2.68. The van der Waals surface area contributed by atoms with Crippen molar-refractivity contribution in [2.45, 2.75) is 39.3 Å². The van der Waals surface area contributed by atoms with Crippen molar-refractivity contribution in [3.63, 3.8) is 0 Å². The fourth-order valence-corrected chi connectivity index (χ4v) is 3.63. The molecule has 1 aromatic heterocycles. The number of aromatic nitrogens is 2. The van der Waals surface area contributed by atoms with E-state index >= 15 is 0 Å². The van der Waals surface area contributed by atoms with E-state index in [9.17, 15) is 9.50 Å². The number of hydrogen-bond donors (Lipinski definition) is 1. The number of nitrogens with zero attached hydrogens (tertiary/aromatic N) is 3. The first kappa shape index (κ1) is 18.6. The number of hydrogen-bond acceptors (Lipinski definition) is 4. The van der Waals surface area contributed by atoms with Gasteiger partial charge in [0, 0.05) is 43.1 Å². The van der Waals surface area contributed by atoms with Crippen molar-refractivity contribution in [3.8, 4) is 17.0 Å². The van der Waals surface area contributed by atoms with Crippen molar-refractivity contribution in [2.24, 2.45) is 0 Å². The van der Waals surface area contributed by atoms with Crippen LogP contribution in [0.15, 0.2) is 48.5 Å². The summed E-state index contributed by atoms with van der Waals surface area (Å²) in [5.74, 6) is 1.12. The Hall–Kier alpha value is -2.79. The Morgan fingerprint density at radius 3 is 2.61 bits per heavy atom. The largest absolute Gasteiger partial charge is 0.508 e. The van der Waals surface area contributed by atoms with Gasteiger partial charge in [-0.25, -0.2) is 14.4 Å². The van der Waals surface area contributed by atoms with Gasteiger partial charge >= 0.3 is 0 Å². The summed E-state index contributed by atoms with van der Waals surface area (Å²) in [6.07, 6.45) is 0.845. The van der Waals surface area contributed by atoms with E-state index in [-0.39, 0.29) is 17.5 Å². The second kappa shape index (κ2) is 7.68. The van der Waals surface area contributed by atoms with Crippen molar-refractivity contribution in [2.75, 3.05) is 6.54 Å². The number of aromatic hydroxyl groups is 1. The lowest BCUT2D eigenvalue weighted by Crippen LogP contribution is -2.32. The summed E-state index contributed by atoms with van der Waals surface area (Å²) < 4.78 is 13.5. The maximum atomic E-state index is 13.5. The van der Waals surface area contributed by atoms with Crippen LogP contribution in [-0.4, -0.2) is 26.5 Å². The highest BCUT2D eigenvalue weighted by Gasteiger charge is 2.24. The molecule has 0 saturated carbocycles. The second-order valence-corrected chi connectivity index (χ2v) is 7.65. The minimum atomic E-state index is -0.204. The molecule has 0 bridgehead atoms. The molecule has 0 saturated heterocycles. The Kier molecular flexibility index (Phi) is 5.09. The van der Waals surface area contributed by atoms with E-state index in [1.54, 1.807) is 24.3 Å². The second-order valence-electron chi connectivity index (χ2n) is 7.65. The van der Waals surface area contributed by atoms with Gasteiger partial charge in [-0.2, -0.15) is 0 Å². The van der Waals surface area contributed by atoms with Crippen LogP contribution < -0.4 is 0 Å². The van der Waals surface area contributed by atoms with Crippen molar-refractivity contribution in [3.05, 3.63) is 77.0 Å². The maximum absolute atomic E-state index is 13.5. The Labute approximate surface area is 164 Å². The average molecular weight is 377 g/mol. The zero-order valence-corrected chi connectivity index (χ0v) is 16.2. The monoisotopic (exact) mass is 377 g/mol. The molecule has 4 nitrogen and oxygen atoms in total. The SMILES string of the molecule is CC(C)c1nc2c(c(-c3ccc(O)cc3)n1)CN(Cc1cccc(F)c1)CC2. The molecule has 0 atom stereocenters. The number of rotatable bonds is 4. The highest BCUT2D eigenvalue weighted by Crippen LogP contribution is 2.31. The molecule has 4 rings (SSSR count). The molecule has 0 fully saturated rings. The van der Waals surface area contributed by atoms with E-state index in [0.717, 1.165) is 53.4 Å². The first-order valence-corrected chi connectivity index (χ1v) is 9.65. The Morgan fingerprint density at radius 2 is 1.89 bits per heavy atom. The van der Waals surface area contributed by atoms with Crippen molar-refractivity contribution < 1.29 is 9.50 Å². The molecule has 28 heavy (non-hydrogen) atoms. The summed E-state index contributed by atoms with van der Waals surface area (Å²) in [4.78, 5) is 12.0. The fourth-order valence-electron chi connectivity index (χ4n) is 3.63. The normalized spacial score (nSPS) is 14.3. The number of phenols is 1. The summed E-state index contributed by atoms with van der Waals surface area (Å²) >= 11 is 0. The van der Waals surface area contributed by atoms with Crippen LogP contribution in [0.1, 0.15) is 42.4 Å². The number of benzene rings is 2. The minimum Gasteiger partial charge on any atom is -0.508 e. The molecule has 0 spiro atoms. The molecule has 0 aliphatic carbocycles. The quantitative estimate of drug-likeness (QED) is 0.718. The smallest absolute Gasteiger partial charge is 0.131 e. The van der Waals surface area contributed by atoms with E-state index in [1.807, 2.05) is 18.2 Å². The summed E-state index contributed by atoms with van der Waals surface area (Å²) in [6.45, 7) is 6.49. The Morgan fingerprint density at radius 1 is 1.11 bits per heavy atom. The lowest BCUT2D eigenvalue weighted by Gasteiger charge is -2.30. The van der Waals surface area contributed by atoms with Gasteiger partial charge < -0.3 is 5.11 Å². The molecule has 3 aromatic rings. The third-order valence-corrected chi connectivity index (χ3v) is 5.11. The van der Waals surface area contributed by atoms with Crippen LogP contribution >= 0.6 is 0 Å². The van der Waals surface area contributed by atoms with Gasteiger partial charge in [-0.1, -0.05) is 26.0 Å². The van der Waals surface area contributed by atoms with E-state index in [0.29, 0.717) is 6.54 Å². The molecule has 2 heterocycles. The molecular weight excluding hydrogens is 353 g/mol. The van der Waals surface area contributed by atoms with E-state index in [1.165, 1.54) is 6.07 Å². The third kappa shape index (κ3) is 3.90. The highest BCUT2D eigenvalue weighted by atomic mass is 19.1. The molecule has 1 N–H and O–H groups in total. The third-order valence-electron chi connectivity index (χ3n) is 5.11. The predicted molar refractivity (Wildman–Crippen MR) is 107 cm³/mol. The number of fused-ring (bicyclic) bond motifs is 1. The molecular formula is C23H24FN3O. The lowest BCUT2D eigenvalue weighted by atomic mass is 9.98. The van der Waals surface area contributed by atoms with Crippen molar-refractivity contribution in [1.82, 2.24) is 14.9 Å². The van der Waals surface area contributed by atoms with E-state index in [4.69, 9.17) is 9.97 Å². The van der Waals surface area contributed by atoms with Gasteiger partial charge in [0.1, 0.15) is 17.4 Å². The van der Waals surface area contributed by atoms with Crippen LogP contribution in [0.2, 0.25) is 0 Å². The summed E-state index contributed by atoms with van der Waals surface area (Å²) in [7, 11) is 0. The Balaban J connectivity index is 1.70. The van der Waals surface area contributed by atoms with Crippen LogP contribution in [0.4, 0.5) is 4.39 Å². The first-order chi connectivity index (χ1) is 13.5. The molecule has 0 amide bonds. The molecule has 1 aliphatic rings. The van der Waals surface area contributed by atoms with Gasteiger partial charge in [-0.15, -0.1) is 0 Å². The van der Waals surface area contributed by atoms with Gasteiger partial charge in [-0.05, 0) is 42.0 Å². The number of halogens is 1. The van der Waals surface area contributed by atoms with Crippen LogP contribution in [0, 0.1) is 5.82 Å². The van der Waals surface area contributed by atoms with Crippen LogP contribution in [0.25, 0.3) is 11.3 Å². The van der Waals surface area contributed by atoms with Gasteiger partial charge in [-0.3, -0.25) is 4.90 Å². The molecule has 144 valence electrons. The number of phenolic OH excluding ortho intramolecular Hbond substituents is 1. The fraction of sp³-hybridized carbons (Fsp3) is 0.304. The van der Waals surface area contributed by atoms with Gasteiger partial charge in [0.15, 0.2) is 0 Å². The molecule has 1 aliphatic heterocycles. The zero-order valence-electron chi connectivity index (χ0n) is 16.2. The van der Waals surface area contributed by atoms with Crippen LogP contribution in [0.3, 0.4) is 0 Å². The van der Waals surface area contributed by atoms with Crippen LogP contribution in [0.5, 0.6) is 5.75 Å².